The Morgan fingerprint density at radius 1 is 1.20 bits per heavy atom. The third-order valence-electron chi connectivity index (χ3n) is 2.41. The first-order chi connectivity index (χ1) is 6.67. The van der Waals surface area contributed by atoms with Crippen molar-refractivity contribution in [3.63, 3.8) is 0 Å². The monoisotopic (exact) mass is 243 g/mol. The van der Waals surface area contributed by atoms with E-state index in [1.54, 1.807) is 0 Å². The predicted octanol–water partition coefficient (Wildman–Crippen LogP) is 3.51. The third kappa shape index (κ3) is 7.96. The summed E-state index contributed by atoms with van der Waals surface area (Å²) in [5, 5.41) is 3.03. The standard InChI is InChI=1S/C10H20F3NS/c1-9(2,3)8(7-14-4)5-6-15-10(11,12)13/h8,14H,5-7H2,1-4H3. The Labute approximate surface area is 94.2 Å². The largest absolute Gasteiger partial charge is 0.441 e. The van der Waals surface area contributed by atoms with Crippen LogP contribution in [0.1, 0.15) is 27.2 Å². The molecule has 1 atom stereocenters. The lowest BCUT2D eigenvalue weighted by Crippen LogP contribution is -2.30. The van der Waals surface area contributed by atoms with E-state index in [0.29, 0.717) is 6.42 Å². The Bertz CT molecular complexity index is 174. The molecule has 0 radical (unpaired) electrons. The maximum absolute atomic E-state index is 11.9. The van der Waals surface area contributed by atoms with Gasteiger partial charge in [0.25, 0.3) is 0 Å². The van der Waals surface area contributed by atoms with Gasteiger partial charge in [-0.1, -0.05) is 32.5 Å². The van der Waals surface area contributed by atoms with Gasteiger partial charge in [0.1, 0.15) is 0 Å². The molecule has 5 heteroatoms. The van der Waals surface area contributed by atoms with Crippen molar-refractivity contribution in [3.8, 4) is 0 Å². The first-order valence-corrected chi connectivity index (χ1v) is 6.00. The average Bonchev–Trinajstić information content (AvgIpc) is 1.98. The lowest BCUT2D eigenvalue weighted by Gasteiger charge is -2.30. The molecule has 0 saturated carbocycles. The highest BCUT2D eigenvalue weighted by molar-refractivity contribution is 8.00. The van der Waals surface area contributed by atoms with Crippen LogP contribution < -0.4 is 5.32 Å². The average molecular weight is 243 g/mol. The normalized spacial score (nSPS) is 15.4. The van der Waals surface area contributed by atoms with Crippen LogP contribution in [0, 0.1) is 11.3 Å². The summed E-state index contributed by atoms with van der Waals surface area (Å²) >= 11 is 0.0761. The molecule has 0 spiro atoms. The van der Waals surface area contributed by atoms with Gasteiger partial charge in [-0.3, -0.25) is 0 Å². The van der Waals surface area contributed by atoms with Crippen LogP contribution in [0.3, 0.4) is 0 Å². The molecule has 0 aliphatic carbocycles. The van der Waals surface area contributed by atoms with Crippen molar-refractivity contribution in [2.45, 2.75) is 32.7 Å². The SMILES string of the molecule is CNCC(CCSC(F)(F)F)C(C)(C)C. The minimum absolute atomic E-state index is 0.0508. The van der Waals surface area contributed by atoms with E-state index in [1.807, 2.05) is 7.05 Å². The van der Waals surface area contributed by atoms with Crippen LogP contribution in [-0.4, -0.2) is 24.9 Å². The van der Waals surface area contributed by atoms with Crippen molar-refractivity contribution in [1.29, 1.82) is 0 Å². The second kappa shape index (κ2) is 5.99. The summed E-state index contributed by atoms with van der Waals surface area (Å²) in [4.78, 5) is 0. The van der Waals surface area contributed by atoms with E-state index in [1.165, 1.54) is 0 Å². The molecule has 0 fully saturated rings. The zero-order valence-corrected chi connectivity index (χ0v) is 10.6. The van der Waals surface area contributed by atoms with Crippen molar-refractivity contribution in [3.05, 3.63) is 0 Å². The Morgan fingerprint density at radius 3 is 2.07 bits per heavy atom. The summed E-state index contributed by atoms with van der Waals surface area (Å²) < 4.78 is 35.8. The molecule has 15 heavy (non-hydrogen) atoms. The lowest BCUT2D eigenvalue weighted by molar-refractivity contribution is -0.0329. The van der Waals surface area contributed by atoms with Gasteiger partial charge in [0, 0.05) is 5.75 Å². The summed E-state index contributed by atoms with van der Waals surface area (Å²) in [5.74, 6) is 0.421. The summed E-state index contributed by atoms with van der Waals surface area (Å²) in [7, 11) is 1.83. The minimum atomic E-state index is -4.10. The Kier molecular flexibility index (Phi) is 6.03. The molecule has 1 N–H and O–H groups in total. The fraction of sp³-hybridized carbons (Fsp3) is 1.00. The van der Waals surface area contributed by atoms with Crippen molar-refractivity contribution in [1.82, 2.24) is 5.32 Å². The first kappa shape index (κ1) is 15.1. The van der Waals surface area contributed by atoms with Crippen LogP contribution in [0.4, 0.5) is 13.2 Å². The molecule has 0 amide bonds. The van der Waals surface area contributed by atoms with E-state index in [9.17, 15) is 13.2 Å². The quantitative estimate of drug-likeness (QED) is 0.793. The van der Waals surface area contributed by atoms with Crippen LogP contribution >= 0.6 is 11.8 Å². The maximum Gasteiger partial charge on any atom is 0.441 e. The molecule has 0 aliphatic heterocycles. The molecule has 0 rings (SSSR count). The number of rotatable bonds is 5. The Balaban J connectivity index is 3.98. The van der Waals surface area contributed by atoms with E-state index in [0.717, 1.165) is 6.54 Å². The topological polar surface area (TPSA) is 12.0 Å². The van der Waals surface area contributed by atoms with Crippen LogP contribution in [0.2, 0.25) is 0 Å². The highest BCUT2D eigenvalue weighted by Crippen LogP contribution is 2.34. The molecule has 1 unspecified atom stereocenters. The van der Waals surface area contributed by atoms with Crippen molar-refractivity contribution in [2.75, 3.05) is 19.3 Å². The Morgan fingerprint density at radius 2 is 1.73 bits per heavy atom. The highest BCUT2D eigenvalue weighted by atomic mass is 32.2. The van der Waals surface area contributed by atoms with Gasteiger partial charge in [-0.25, -0.2) is 0 Å². The van der Waals surface area contributed by atoms with E-state index in [2.05, 4.69) is 26.1 Å². The van der Waals surface area contributed by atoms with Gasteiger partial charge in [0.15, 0.2) is 0 Å². The maximum atomic E-state index is 11.9. The van der Waals surface area contributed by atoms with E-state index in [4.69, 9.17) is 0 Å². The van der Waals surface area contributed by atoms with Gasteiger partial charge < -0.3 is 5.32 Å². The molecule has 0 saturated heterocycles. The third-order valence-corrected chi connectivity index (χ3v) is 3.17. The highest BCUT2D eigenvalue weighted by Gasteiger charge is 2.30. The fourth-order valence-electron chi connectivity index (χ4n) is 1.40. The van der Waals surface area contributed by atoms with Gasteiger partial charge >= 0.3 is 5.51 Å². The number of hydrogen-bond donors (Lipinski definition) is 1. The molecular formula is C10H20F3NS. The number of nitrogens with one attached hydrogen (secondary N) is 1. The molecule has 92 valence electrons. The zero-order valence-electron chi connectivity index (χ0n) is 9.74. The van der Waals surface area contributed by atoms with Crippen LogP contribution in [0.5, 0.6) is 0 Å². The minimum Gasteiger partial charge on any atom is -0.319 e. The van der Waals surface area contributed by atoms with Crippen molar-refractivity contribution >= 4 is 11.8 Å². The summed E-state index contributed by atoms with van der Waals surface area (Å²) in [6, 6.07) is 0. The number of alkyl halides is 3. The molecule has 0 heterocycles. The summed E-state index contributed by atoms with van der Waals surface area (Å²) in [5.41, 5.74) is -4.04. The first-order valence-electron chi connectivity index (χ1n) is 5.02. The molecule has 0 aromatic carbocycles. The summed E-state index contributed by atoms with van der Waals surface area (Å²) in [6.45, 7) is 6.95. The van der Waals surface area contributed by atoms with Gasteiger partial charge in [-0.05, 0) is 31.3 Å². The van der Waals surface area contributed by atoms with Gasteiger partial charge in [0.05, 0.1) is 0 Å². The van der Waals surface area contributed by atoms with Crippen molar-refractivity contribution in [2.24, 2.45) is 11.3 Å². The predicted molar refractivity (Wildman–Crippen MR) is 60.0 cm³/mol. The number of thioether (sulfide) groups is 1. The van der Waals surface area contributed by atoms with Crippen LogP contribution in [0.25, 0.3) is 0 Å². The second-order valence-corrected chi connectivity index (χ2v) is 5.86. The van der Waals surface area contributed by atoms with Crippen LogP contribution in [-0.2, 0) is 0 Å². The molecule has 0 aromatic rings. The fourth-order valence-corrected chi connectivity index (χ4v) is 2.04. The van der Waals surface area contributed by atoms with Gasteiger partial charge in [0.2, 0.25) is 0 Å². The zero-order chi connectivity index (χ0) is 12.1. The molecule has 0 bridgehead atoms. The molecular weight excluding hydrogens is 223 g/mol. The van der Waals surface area contributed by atoms with Crippen LogP contribution in [0.15, 0.2) is 0 Å². The van der Waals surface area contributed by atoms with Gasteiger partial charge in [-0.15, -0.1) is 0 Å². The smallest absolute Gasteiger partial charge is 0.319 e. The summed E-state index contributed by atoms with van der Waals surface area (Å²) in [6.07, 6.45) is 0.592. The van der Waals surface area contributed by atoms with E-state index < -0.39 is 5.51 Å². The number of halogens is 3. The number of hydrogen-bond acceptors (Lipinski definition) is 2. The molecule has 0 aliphatic rings. The van der Waals surface area contributed by atoms with Crippen molar-refractivity contribution < 1.29 is 13.2 Å². The van der Waals surface area contributed by atoms with E-state index >= 15 is 0 Å². The van der Waals surface area contributed by atoms with E-state index in [-0.39, 0.29) is 28.8 Å². The Hall–Kier alpha value is 0.100. The molecule has 1 nitrogen and oxygen atoms in total. The second-order valence-electron chi connectivity index (χ2n) is 4.70. The van der Waals surface area contributed by atoms with Gasteiger partial charge in [-0.2, -0.15) is 13.2 Å². The lowest BCUT2D eigenvalue weighted by atomic mass is 9.79. The molecule has 0 aromatic heterocycles.